The molecule has 0 aliphatic carbocycles. The highest BCUT2D eigenvalue weighted by atomic mass is 16.7. The van der Waals surface area contributed by atoms with Gasteiger partial charge in [-0.3, -0.25) is 9.59 Å². The van der Waals surface area contributed by atoms with Crippen LogP contribution in [-0.2, 0) is 28.5 Å². The summed E-state index contributed by atoms with van der Waals surface area (Å²) >= 11 is 0. The maximum Gasteiger partial charge on any atom is 0.305 e. The summed E-state index contributed by atoms with van der Waals surface area (Å²) in [5.41, 5.74) is 0. The minimum absolute atomic E-state index is 0.0826. The van der Waals surface area contributed by atoms with E-state index >= 15 is 0 Å². The van der Waals surface area contributed by atoms with E-state index in [-0.39, 0.29) is 24.3 Å². The van der Waals surface area contributed by atoms with Crippen LogP contribution in [0.4, 0.5) is 0 Å². The second kappa shape index (κ2) is 41.4. The van der Waals surface area contributed by atoms with E-state index in [0.29, 0.717) is 52.2 Å². The predicted octanol–water partition coefficient (Wildman–Crippen LogP) is 11.4. The molecule has 0 radical (unpaired) electrons. The minimum Gasteiger partial charge on any atom is -0.466 e. The molecule has 1 unspecified atom stereocenters. The molecule has 0 aliphatic rings. The van der Waals surface area contributed by atoms with E-state index in [0.717, 1.165) is 129 Å². The molecule has 53 heavy (non-hydrogen) atoms. The van der Waals surface area contributed by atoms with E-state index < -0.39 is 0 Å². The summed E-state index contributed by atoms with van der Waals surface area (Å²) in [6.45, 7) is 13.5. The van der Waals surface area contributed by atoms with Crippen LogP contribution in [0, 0.1) is 0 Å². The van der Waals surface area contributed by atoms with Crippen LogP contribution in [0.15, 0.2) is 24.3 Å². The number of allylic oxidation sites excluding steroid dienone is 4. The monoisotopic (exact) mass is 752 g/mol. The second-order valence-electron chi connectivity index (χ2n) is 14.6. The third-order valence-electron chi connectivity index (χ3n) is 9.50. The fourth-order valence-corrected chi connectivity index (χ4v) is 6.14. The molecule has 1 atom stereocenters. The number of aliphatic hydroxyl groups is 1. The van der Waals surface area contributed by atoms with Crippen molar-refractivity contribution < 1.29 is 33.6 Å². The van der Waals surface area contributed by atoms with Gasteiger partial charge in [-0.15, -0.1) is 0 Å². The number of ether oxygens (including phenoxy) is 4. The zero-order chi connectivity index (χ0) is 38.9. The maximum absolute atomic E-state index is 12.5. The van der Waals surface area contributed by atoms with Crippen molar-refractivity contribution in [2.45, 2.75) is 207 Å². The van der Waals surface area contributed by atoms with Crippen LogP contribution >= 0.6 is 0 Å². The van der Waals surface area contributed by atoms with Crippen LogP contribution in [0.3, 0.4) is 0 Å². The van der Waals surface area contributed by atoms with E-state index in [2.05, 4.69) is 56.9 Å². The number of carbonyl (C=O) groups is 2. The topological polar surface area (TPSA) is 94.5 Å². The molecule has 0 heterocycles. The SMILES string of the molecule is CC/C=C\CCCCOC(CCC(=O)OCCCCCCN(CC)CC(O)CCCCCC(=O)OCCCCCCCCC)OCCCC/C=C\CC. The number of aliphatic hydroxyl groups excluding tert-OH is 1. The van der Waals surface area contributed by atoms with Crippen molar-refractivity contribution in [2.75, 3.05) is 46.1 Å². The molecule has 312 valence electrons. The summed E-state index contributed by atoms with van der Waals surface area (Å²) in [5.74, 6) is -0.262. The van der Waals surface area contributed by atoms with E-state index in [1.165, 1.54) is 32.1 Å². The van der Waals surface area contributed by atoms with Gasteiger partial charge in [-0.25, -0.2) is 0 Å². The molecule has 0 fully saturated rings. The van der Waals surface area contributed by atoms with E-state index in [1.54, 1.807) is 0 Å². The Morgan fingerprint density at radius 1 is 0.547 bits per heavy atom. The van der Waals surface area contributed by atoms with Crippen LogP contribution in [-0.4, -0.2) is 80.4 Å². The number of esters is 2. The lowest BCUT2D eigenvalue weighted by Gasteiger charge is -2.23. The lowest BCUT2D eigenvalue weighted by Crippen LogP contribution is -2.33. The van der Waals surface area contributed by atoms with Crippen molar-refractivity contribution in [1.29, 1.82) is 0 Å². The molecular weight excluding hydrogens is 666 g/mol. The molecular formula is C45H85NO7. The molecule has 0 saturated heterocycles. The van der Waals surface area contributed by atoms with Gasteiger partial charge in [0.1, 0.15) is 0 Å². The van der Waals surface area contributed by atoms with Crippen LogP contribution in [0.2, 0.25) is 0 Å². The van der Waals surface area contributed by atoms with Crippen LogP contribution < -0.4 is 0 Å². The molecule has 8 nitrogen and oxygen atoms in total. The van der Waals surface area contributed by atoms with Crippen molar-refractivity contribution in [3.63, 3.8) is 0 Å². The summed E-state index contributed by atoms with van der Waals surface area (Å²) in [7, 11) is 0. The van der Waals surface area contributed by atoms with Gasteiger partial charge in [0.15, 0.2) is 6.29 Å². The van der Waals surface area contributed by atoms with Crippen molar-refractivity contribution in [2.24, 2.45) is 0 Å². The lowest BCUT2D eigenvalue weighted by atomic mass is 10.1. The highest BCUT2D eigenvalue weighted by Crippen LogP contribution is 2.13. The van der Waals surface area contributed by atoms with Gasteiger partial charge in [0.05, 0.1) is 25.7 Å². The molecule has 0 bridgehead atoms. The number of carbonyl (C=O) groups excluding carboxylic acids is 2. The molecule has 0 aliphatic heterocycles. The highest BCUT2D eigenvalue weighted by Gasteiger charge is 2.14. The smallest absolute Gasteiger partial charge is 0.305 e. The lowest BCUT2D eigenvalue weighted by molar-refractivity contribution is -0.159. The van der Waals surface area contributed by atoms with Gasteiger partial charge in [0, 0.05) is 32.6 Å². The van der Waals surface area contributed by atoms with Crippen LogP contribution in [0.25, 0.3) is 0 Å². The quantitative estimate of drug-likeness (QED) is 0.0286. The second-order valence-corrected chi connectivity index (χ2v) is 14.6. The molecule has 0 spiro atoms. The minimum atomic E-state index is -0.361. The molecule has 0 saturated carbocycles. The van der Waals surface area contributed by atoms with Gasteiger partial charge >= 0.3 is 11.9 Å². The van der Waals surface area contributed by atoms with Crippen molar-refractivity contribution >= 4 is 11.9 Å². The highest BCUT2D eigenvalue weighted by molar-refractivity contribution is 5.69. The number of unbranched alkanes of at least 4 members (excludes halogenated alkanes) is 15. The third kappa shape index (κ3) is 38.3. The molecule has 0 rings (SSSR count). The largest absolute Gasteiger partial charge is 0.466 e. The summed E-state index contributed by atoms with van der Waals surface area (Å²) in [4.78, 5) is 26.7. The van der Waals surface area contributed by atoms with E-state index in [4.69, 9.17) is 18.9 Å². The Kier molecular flexibility index (Phi) is 40.1. The first-order chi connectivity index (χ1) is 26.0. The van der Waals surface area contributed by atoms with Gasteiger partial charge < -0.3 is 29.0 Å². The van der Waals surface area contributed by atoms with Crippen molar-refractivity contribution in [3.8, 4) is 0 Å². The Bertz CT molecular complexity index is 825. The number of rotatable bonds is 41. The van der Waals surface area contributed by atoms with Gasteiger partial charge in [-0.2, -0.15) is 0 Å². The predicted molar refractivity (Wildman–Crippen MR) is 221 cm³/mol. The standard InChI is InChI=1S/C45H85NO7/c1-5-9-12-15-18-22-28-37-50-43(48)33-26-24-25-32-42(47)41-46(8-4)36-27-19-23-29-38-51-44(49)34-35-45(52-39-30-20-16-13-10-6-2)53-40-31-21-17-14-11-7-3/h10-11,13-14,42,45,47H,5-9,12,15-41H2,1-4H3/b13-10-,14-11-. The van der Waals surface area contributed by atoms with E-state index in [1.807, 2.05) is 0 Å². The Morgan fingerprint density at radius 3 is 1.62 bits per heavy atom. The molecule has 1 N–H and O–H groups in total. The number of nitrogens with zero attached hydrogens (tertiary/aromatic N) is 1. The Hall–Kier alpha value is -1.74. The van der Waals surface area contributed by atoms with Crippen molar-refractivity contribution in [3.05, 3.63) is 24.3 Å². The first-order valence-electron chi connectivity index (χ1n) is 22.2. The molecule has 0 aromatic rings. The fraction of sp³-hybridized carbons (Fsp3) is 0.867. The maximum atomic E-state index is 12.5. The average Bonchev–Trinajstić information content (AvgIpc) is 3.15. The zero-order valence-electron chi connectivity index (χ0n) is 35.1. The molecule has 0 aromatic carbocycles. The summed E-state index contributed by atoms with van der Waals surface area (Å²) in [6.07, 6.45) is 33.9. The zero-order valence-corrected chi connectivity index (χ0v) is 35.1. The van der Waals surface area contributed by atoms with Gasteiger partial charge in [0.25, 0.3) is 0 Å². The molecule has 0 aromatic heterocycles. The van der Waals surface area contributed by atoms with Crippen molar-refractivity contribution in [1.82, 2.24) is 4.90 Å². The van der Waals surface area contributed by atoms with Gasteiger partial charge in [0.2, 0.25) is 0 Å². The number of hydrogen-bond acceptors (Lipinski definition) is 8. The number of likely N-dealkylation sites (N-methyl/N-ethyl adjacent to an activating group) is 1. The third-order valence-corrected chi connectivity index (χ3v) is 9.50. The summed E-state index contributed by atoms with van der Waals surface area (Å²) < 4.78 is 23.0. The molecule has 0 amide bonds. The Labute approximate surface area is 327 Å². The number of hydrogen-bond donors (Lipinski definition) is 1. The Morgan fingerprint density at radius 2 is 1.06 bits per heavy atom. The Balaban J connectivity index is 4.00. The fourth-order valence-electron chi connectivity index (χ4n) is 6.14. The normalized spacial score (nSPS) is 12.5. The van der Waals surface area contributed by atoms with Gasteiger partial charge in [-0.1, -0.05) is 116 Å². The average molecular weight is 752 g/mol. The van der Waals surface area contributed by atoms with Gasteiger partial charge in [-0.05, 0) is 96.6 Å². The van der Waals surface area contributed by atoms with E-state index in [9.17, 15) is 14.7 Å². The first kappa shape index (κ1) is 51.3. The first-order valence-corrected chi connectivity index (χ1v) is 22.2. The molecule has 8 heteroatoms. The van der Waals surface area contributed by atoms with Crippen LogP contribution in [0.1, 0.15) is 195 Å². The summed E-state index contributed by atoms with van der Waals surface area (Å²) in [6, 6.07) is 0. The van der Waals surface area contributed by atoms with Crippen LogP contribution in [0.5, 0.6) is 0 Å². The summed E-state index contributed by atoms with van der Waals surface area (Å²) in [5, 5.41) is 10.6.